The van der Waals surface area contributed by atoms with Crippen LogP contribution >= 0.6 is 7.82 Å². The van der Waals surface area contributed by atoms with Gasteiger partial charge < -0.3 is 27.9 Å². The lowest BCUT2D eigenvalue weighted by molar-refractivity contribution is -0.870. The molecule has 0 saturated heterocycles. The lowest BCUT2D eigenvalue weighted by atomic mass is 10.1. The van der Waals surface area contributed by atoms with E-state index in [1.54, 1.807) is 0 Å². The smallest absolute Gasteiger partial charge is 0.306 e. The third-order valence-electron chi connectivity index (χ3n) is 8.44. The first-order valence-electron chi connectivity index (χ1n) is 20.0. The second-order valence-corrected chi connectivity index (χ2v) is 16.1. The van der Waals surface area contributed by atoms with Crippen LogP contribution < -0.4 is 4.89 Å². The quantitative estimate of drug-likeness (QED) is 0.0206. The first-order chi connectivity index (χ1) is 24.0. The average Bonchev–Trinajstić information content (AvgIpc) is 3.06. The normalized spacial score (nSPS) is 14.0. The predicted octanol–water partition coefficient (Wildman–Crippen LogP) is 10.2. The molecule has 9 nitrogen and oxygen atoms in total. The van der Waals surface area contributed by atoms with Gasteiger partial charge in [-0.25, -0.2) is 0 Å². The number of hydrogen-bond donors (Lipinski definition) is 0. The van der Waals surface area contributed by atoms with E-state index in [2.05, 4.69) is 38.2 Å². The van der Waals surface area contributed by atoms with Crippen molar-refractivity contribution in [3.8, 4) is 0 Å². The zero-order valence-corrected chi connectivity index (χ0v) is 33.7. The number of nitrogens with zero attached hydrogens (tertiary/aromatic N) is 1. The standard InChI is InChI=1S/C40H76NO8P/c1-6-8-10-12-14-16-18-20-22-24-26-28-30-32-39(42)46-36-38(37-48-50(44,45)47-35-34-41(3,4)5)49-40(43)33-31-29-27-25-23-21-19-17-15-13-11-9-7-2/h16-19,38H,6-15,20-37H2,1-5H3/b18-16+,19-17+. The first kappa shape index (κ1) is 48.5. The molecule has 0 N–H and O–H groups in total. The largest absolute Gasteiger partial charge is 0.756 e. The molecule has 0 bridgehead atoms. The lowest BCUT2D eigenvalue weighted by Crippen LogP contribution is -2.37. The van der Waals surface area contributed by atoms with Crippen molar-refractivity contribution >= 4 is 19.8 Å². The van der Waals surface area contributed by atoms with Gasteiger partial charge in [-0.3, -0.25) is 14.2 Å². The van der Waals surface area contributed by atoms with Crippen LogP contribution in [0.1, 0.15) is 168 Å². The summed E-state index contributed by atoms with van der Waals surface area (Å²) in [6.07, 6.45) is 33.4. The Labute approximate surface area is 307 Å². The summed E-state index contributed by atoms with van der Waals surface area (Å²) in [6, 6.07) is 0. The maximum absolute atomic E-state index is 12.6. The Kier molecular flexibility index (Phi) is 32.3. The fourth-order valence-corrected chi connectivity index (χ4v) is 5.96. The van der Waals surface area contributed by atoms with Crippen molar-refractivity contribution in [1.29, 1.82) is 0 Å². The van der Waals surface area contributed by atoms with Crippen molar-refractivity contribution in [3.05, 3.63) is 24.3 Å². The van der Waals surface area contributed by atoms with Crippen LogP contribution in [0.5, 0.6) is 0 Å². The molecule has 294 valence electrons. The van der Waals surface area contributed by atoms with Crippen LogP contribution in [0.2, 0.25) is 0 Å². The molecule has 0 aliphatic heterocycles. The van der Waals surface area contributed by atoms with Crippen LogP contribution in [0.25, 0.3) is 0 Å². The van der Waals surface area contributed by atoms with Gasteiger partial charge in [0.25, 0.3) is 7.82 Å². The predicted molar refractivity (Wildman–Crippen MR) is 204 cm³/mol. The molecule has 0 radical (unpaired) electrons. The van der Waals surface area contributed by atoms with E-state index in [4.69, 9.17) is 18.5 Å². The number of ether oxygens (including phenoxy) is 2. The summed E-state index contributed by atoms with van der Waals surface area (Å²) in [5, 5.41) is 0. The van der Waals surface area contributed by atoms with Gasteiger partial charge in [-0.1, -0.05) is 115 Å². The molecule has 0 aromatic carbocycles. The molecule has 0 fully saturated rings. The van der Waals surface area contributed by atoms with Crippen molar-refractivity contribution in [2.45, 2.75) is 174 Å². The second kappa shape index (κ2) is 33.3. The van der Waals surface area contributed by atoms with Crippen LogP contribution in [0.3, 0.4) is 0 Å². The number of unbranched alkanes of at least 4 members (excludes halogenated alkanes) is 18. The number of likely N-dealkylation sites (N-methyl/N-ethyl adjacent to an activating group) is 1. The third kappa shape index (κ3) is 36.3. The van der Waals surface area contributed by atoms with Crippen LogP contribution in [0.4, 0.5) is 0 Å². The number of esters is 2. The number of rotatable bonds is 36. The zero-order chi connectivity index (χ0) is 37.2. The maximum Gasteiger partial charge on any atom is 0.306 e. The van der Waals surface area contributed by atoms with Gasteiger partial charge in [-0.15, -0.1) is 0 Å². The Morgan fingerprint density at radius 1 is 0.600 bits per heavy atom. The molecule has 2 atom stereocenters. The minimum Gasteiger partial charge on any atom is -0.756 e. The number of phosphoric ester groups is 1. The summed E-state index contributed by atoms with van der Waals surface area (Å²) in [6.45, 7) is 4.16. The van der Waals surface area contributed by atoms with Crippen LogP contribution in [0.15, 0.2) is 24.3 Å². The van der Waals surface area contributed by atoms with Crippen molar-refractivity contribution in [3.63, 3.8) is 0 Å². The van der Waals surface area contributed by atoms with Gasteiger partial charge in [0.15, 0.2) is 6.10 Å². The minimum absolute atomic E-state index is 0.0329. The summed E-state index contributed by atoms with van der Waals surface area (Å²) in [5.41, 5.74) is 0. The van der Waals surface area contributed by atoms with E-state index in [-0.39, 0.29) is 26.1 Å². The van der Waals surface area contributed by atoms with Gasteiger partial charge in [0.1, 0.15) is 19.8 Å². The second-order valence-electron chi connectivity index (χ2n) is 14.6. The van der Waals surface area contributed by atoms with Crippen molar-refractivity contribution in [1.82, 2.24) is 0 Å². The summed E-state index contributed by atoms with van der Waals surface area (Å²) < 4.78 is 33.8. The third-order valence-corrected chi connectivity index (χ3v) is 9.41. The van der Waals surface area contributed by atoms with Gasteiger partial charge in [0.05, 0.1) is 27.7 Å². The highest BCUT2D eigenvalue weighted by atomic mass is 31.2. The van der Waals surface area contributed by atoms with Gasteiger partial charge in [-0.2, -0.15) is 0 Å². The SMILES string of the molecule is CCCCCC/C=C/CCCCCCCC(=O)OCC(COP(=O)([O-])OCC[N+](C)(C)C)OC(=O)CCCCCCC/C=C/CCCCCC. The minimum atomic E-state index is -4.62. The summed E-state index contributed by atoms with van der Waals surface area (Å²) in [4.78, 5) is 37.3. The first-order valence-corrected chi connectivity index (χ1v) is 21.5. The topological polar surface area (TPSA) is 111 Å². The molecule has 0 aromatic rings. The van der Waals surface area contributed by atoms with Crippen LogP contribution in [-0.2, 0) is 32.7 Å². The van der Waals surface area contributed by atoms with Crippen LogP contribution in [0, 0.1) is 0 Å². The lowest BCUT2D eigenvalue weighted by Gasteiger charge is -2.28. The molecule has 0 aliphatic rings. The van der Waals surface area contributed by atoms with Crippen LogP contribution in [-0.4, -0.2) is 70.0 Å². The van der Waals surface area contributed by atoms with E-state index in [1.165, 1.54) is 64.2 Å². The number of allylic oxidation sites excluding steroid dienone is 4. The Bertz CT molecular complexity index is 918. The highest BCUT2D eigenvalue weighted by Gasteiger charge is 2.21. The molecular weight excluding hydrogens is 653 g/mol. The maximum atomic E-state index is 12.6. The number of carbonyl (C=O) groups excluding carboxylic acids is 2. The number of quaternary nitrogens is 1. The van der Waals surface area contributed by atoms with Gasteiger partial charge in [0.2, 0.25) is 0 Å². The van der Waals surface area contributed by atoms with Crippen molar-refractivity contribution in [2.75, 3.05) is 47.5 Å². The van der Waals surface area contributed by atoms with E-state index in [9.17, 15) is 19.0 Å². The molecule has 0 heterocycles. The summed E-state index contributed by atoms with van der Waals surface area (Å²) in [7, 11) is 1.15. The molecule has 0 aromatic heterocycles. The zero-order valence-electron chi connectivity index (χ0n) is 32.8. The highest BCUT2D eigenvalue weighted by Crippen LogP contribution is 2.38. The Hall–Kier alpha value is -1.51. The van der Waals surface area contributed by atoms with Gasteiger partial charge in [0, 0.05) is 12.8 Å². The van der Waals surface area contributed by atoms with E-state index < -0.39 is 32.5 Å². The molecule has 0 amide bonds. The number of phosphoric acid groups is 1. The molecular formula is C40H76NO8P. The highest BCUT2D eigenvalue weighted by molar-refractivity contribution is 7.45. The van der Waals surface area contributed by atoms with E-state index in [1.807, 2.05) is 21.1 Å². The molecule has 0 spiro atoms. The molecule has 0 aliphatic carbocycles. The molecule has 0 rings (SSSR count). The average molecular weight is 730 g/mol. The number of hydrogen-bond acceptors (Lipinski definition) is 8. The monoisotopic (exact) mass is 730 g/mol. The molecule has 10 heteroatoms. The van der Waals surface area contributed by atoms with Gasteiger partial charge >= 0.3 is 11.9 Å². The Morgan fingerprint density at radius 2 is 1.02 bits per heavy atom. The fourth-order valence-electron chi connectivity index (χ4n) is 5.23. The molecule has 50 heavy (non-hydrogen) atoms. The van der Waals surface area contributed by atoms with Gasteiger partial charge in [-0.05, 0) is 64.2 Å². The summed E-state index contributed by atoms with van der Waals surface area (Å²) in [5.74, 6) is -0.855. The molecule has 0 saturated carbocycles. The van der Waals surface area contributed by atoms with E-state index in [0.29, 0.717) is 17.4 Å². The van der Waals surface area contributed by atoms with E-state index >= 15 is 0 Å². The number of carbonyl (C=O) groups is 2. The summed E-state index contributed by atoms with van der Waals surface area (Å²) >= 11 is 0. The van der Waals surface area contributed by atoms with Crippen molar-refractivity contribution in [2.24, 2.45) is 0 Å². The van der Waals surface area contributed by atoms with Crippen molar-refractivity contribution < 1.29 is 42.1 Å². The Balaban J connectivity index is 4.44. The molecule has 2 unspecified atom stereocenters. The Morgan fingerprint density at radius 3 is 1.48 bits per heavy atom. The van der Waals surface area contributed by atoms with E-state index in [0.717, 1.165) is 70.6 Å². The fraction of sp³-hybridized carbons (Fsp3) is 0.850.